The number of likely N-dealkylation sites (tertiary alicyclic amines) is 1. The highest BCUT2D eigenvalue weighted by Crippen LogP contribution is 2.24. The highest BCUT2D eigenvalue weighted by Gasteiger charge is 2.24. The normalized spacial score (nSPS) is 16.4. The highest BCUT2D eigenvalue weighted by molar-refractivity contribution is 5.91. The van der Waals surface area contributed by atoms with Crippen LogP contribution in [0.3, 0.4) is 0 Å². The Labute approximate surface area is 159 Å². The molecule has 3 rings (SSSR count). The minimum atomic E-state index is -0.262. The highest BCUT2D eigenvalue weighted by atomic mass is 19.1. The maximum Gasteiger partial charge on any atom is 0.289 e. The number of nitrogens with one attached hydrogen (secondary N) is 1. The molecule has 1 N–H and O–H groups in total. The average Bonchev–Trinajstić information content (AvgIpc) is 3.12. The standard InChI is InChI=1S/C21H28FN3O2/c1-15(2)12-18-13-20(27-24-18)21(26)23-14-19(25-10-4-3-5-11-25)16-6-8-17(22)9-7-16/h6-9,13,15,19H,3-5,10-12,14H2,1-2H3,(H,23,26)/t19-/m0/s1. The van der Waals surface area contributed by atoms with E-state index >= 15 is 0 Å². The Balaban J connectivity index is 1.67. The Hall–Kier alpha value is -2.21. The van der Waals surface area contributed by atoms with Crippen LogP contribution in [0.15, 0.2) is 34.9 Å². The van der Waals surface area contributed by atoms with Crippen molar-refractivity contribution in [2.24, 2.45) is 5.92 Å². The molecule has 1 aromatic carbocycles. The molecule has 0 unspecified atom stereocenters. The number of hydrogen-bond acceptors (Lipinski definition) is 4. The molecule has 0 aliphatic carbocycles. The molecular formula is C21H28FN3O2. The van der Waals surface area contributed by atoms with Gasteiger partial charge in [-0.1, -0.05) is 37.6 Å². The fourth-order valence-corrected chi connectivity index (χ4v) is 3.58. The van der Waals surface area contributed by atoms with Gasteiger partial charge in [0.15, 0.2) is 0 Å². The third-order valence-electron chi connectivity index (χ3n) is 4.94. The maximum atomic E-state index is 13.3. The molecule has 0 saturated carbocycles. The van der Waals surface area contributed by atoms with Crippen LogP contribution in [0.5, 0.6) is 0 Å². The van der Waals surface area contributed by atoms with Crippen molar-refractivity contribution < 1.29 is 13.7 Å². The van der Waals surface area contributed by atoms with Crippen molar-refractivity contribution in [1.29, 1.82) is 0 Å². The quantitative estimate of drug-likeness (QED) is 0.798. The van der Waals surface area contributed by atoms with Crippen molar-refractivity contribution in [3.05, 3.63) is 53.2 Å². The van der Waals surface area contributed by atoms with Crippen molar-refractivity contribution in [2.75, 3.05) is 19.6 Å². The average molecular weight is 373 g/mol. The fraction of sp³-hybridized carbons (Fsp3) is 0.524. The van der Waals surface area contributed by atoms with Gasteiger partial charge in [-0.3, -0.25) is 9.69 Å². The first kappa shape index (κ1) is 19.5. The van der Waals surface area contributed by atoms with Crippen LogP contribution in [0.2, 0.25) is 0 Å². The van der Waals surface area contributed by atoms with E-state index in [0.29, 0.717) is 12.5 Å². The summed E-state index contributed by atoms with van der Waals surface area (Å²) in [6.45, 7) is 6.61. The molecule has 1 fully saturated rings. The van der Waals surface area contributed by atoms with Crippen LogP contribution >= 0.6 is 0 Å². The fourth-order valence-electron chi connectivity index (χ4n) is 3.58. The Morgan fingerprint density at radius 2 is 1.93 bits per heavy atom. The Morgan fingerprint density at radius 1 is 1.22 bits per heavy atom. The lowest BCUT2D eigenvalue weighted by Gasteiger charge is -2.35. The largest absolute Gasteiger partial charge is 0.351 e. The smallest absolute Gasteiger partial charge is 0.289 e. The molecule has 0 radical (unpaired) electrons. The van der Waals surface area contributed by atoms with Crippen molar-refractivity contribution >= 4 is 5.91 Å². The van der Waals surface area contributed by atoms with E-state index in [1.807, 2.05) is 0 Å². The molecule has 2 aromatic rings. The van der Waals surface area contributed by atoms with Crippen molar-refractivity contribution in [3.63, 3.8) is 0 Å². The second kappa shape index (κ2) is 9.13. The third kappa shape index (κ3) is 5.39. The molecule has 1 atom stereocenters. The molecule has 146 valence electrons. The van der Waals surface area contributed by atoms with Crippen LogP contribution in [0, 0.1) is 11.7 Å². The van der Waals surface area contributed by atoms with E-state index in [0.717, 1.165) is 43.6 Å². The van der Waals surface area contributed by atoms with Gasteiger partial charge >= 0.3 is 0 Å². The molecule has 2 heterocycles. The maximum absolute atomic E-state index is 13.3. The zero-order valence-electron chi connectivity index (χ0n) is 16.1. The van der Waals surface area contributed by atoms with Gasteiger partial charge in [-0.15, -0.1) is 0 Å². The van der Waals surface area contributed by atoms with E-state index in [4.69, 9.17) is 4.52 Å². The number of piperidine rings is 1. The summed E-state index contributed by atoms with van der Waals surface area (Å²) in [5.74, 6) is 0.177. The summed E-state index contributed by atoms with van der Waals surface area (Å²) in [5.41, 5.74) is 1.80. The van der Waals surface area contributed by atoms with E-state index in [-0.39, 0.29) is 23.5 Å². The summed E-state index contributed by atoms with van der Waals surface area (Å²) < 4.78 is 18.5. The Morgan fingerprint density at radius 3 is 2.59 bits per heavy atom. The second-order valence-corrected chi connectivity index (χ2v) is 7.65. The number of halogens is 1. The predicted molar refractivity (Wildman–Crippen MR) is 102 cm³/mol. The molecule has 0 spiro atoms. The zero-order chi connectivity index (χ0) is 19.2. The predicted octanol–water partition coefficient (Wildman–Crippen LogP) is 3.97. The van der Waals surface area contributed by atoms with E-state index in [1.54, 1.807) is 18.2 Å². The van der Waals surface area contributed by atoms with E-state index in [9.17, 15) is 9.18 Å². The summed E-state index contributed by atoms with van der Waals surface area (Å²) in [6.07, 6.45) is 4.30. The molecule has 5 nitrogen and oxygen atoms in total. The number of hydrogen-bond donors (Lipinski definition) is 1. The molecule has 1 amide bonds. The van der Waals surface area contributed by atoms with Gasteiger partial charge in [0, 0.05) is 12.6 Å². The first-order valence-electron chi connectivity index (χ1n) is 9.76. The van der Waals surface area contributed by atoms with Gasteiger partial charge in [0.05, 0.1) is 11.7 Å². The second-order valence-electron chi connectivity index (χ2n) is 7.65. The minimum Gasteiger partial charge on any atom is -0.351 e. The van der Waals surface area contributed by atoms with Gasteiger partial charge in [-0.05, 0) is 56.0 Å². The molecule has 27 heavy (non-hydrogen) atoms. The van der Waals surface area contributed by atoms with Crippen LogP contribution in [0.1, 0.15) is 61.0 Å². The lowest BCUT2D eigenvalue weighted by atomic mass is 10.0. The number of rotatable bonds is 7. The van der Waals surface area contributed by atoms with Crippen molar-refractivity contribution in [1.82, 2.24) is 15.4 Å². The third-order valence-corrected chi connectivity index (χ3v) is 4.94. The SMILES string of the molecule is CC(C)Cc1cc(C(=O)NC[C@@H](c2ccc(F)cc2)N2CCCCC2)on1. The Kier molecular flexibility index (Phi) is 6.61. The first-order valence-corrected chi connectivity index (χ1v) is 9.76. The van der Waals surface area contributed by atoms with Gasteiger partial charge < -0.3 is 9.84 Å². The number of aromatic nitrogens is 1. The van der Waals surface area contributed by atoms with Gasteiger partial charge in [-0.2, -0.15) is 0 Å². The molecular weight excluding hydrogens is 345 g/mol. The summed E-state index contributed by atoms with van der Waals surface area (Å²) in [6, 6.07) is 8.29. The van der Waals surface area contributed by atoms with Crippen molar-refractivity contribution in [3.8, 4) is 0 Å². The van der Waals surface area contributed by atoms with Crippen LogP contribution in [-0.2, 0) is 6.42 Å². The van der Waals surface area contributed by atoms with Crippen LogP contribution in [0.25, 0.3) is 0 Å². The molecule has 1 aromatic heterocycles. The molecule has 1 saturated heterocycles. The van der Waals surface area contributed by atoms with Gasteiger partial charge in [0.2, 0.25) is 5.76 Å². The Bertz CT molecular complexity index is 736. The van der Waals surface area contributed by atoms with Gasteiger partial charge in [0.25, 0.3) is 5.91 Å². The van der Waals surface area contributed by atoms with Gasteiger partial charge in [0.1, 0.15) is 5.82 Å². The van der Waals surface area contributed by atoms with E-state index in [2.05, 4.69) is 29.2 Å². The topological polar surface area (TPSA) is 58.4 Å². The summed E-state index contributed by atoms with van der Waals surface area (Å²) >= 11 is 0. The van der Waals surface area contributed by atoms with Gasteiger partial charge in [-0.25, -0.2) is 4.39 Å². The summed E-state index contributed by atoms with van der Waals surface area (Å²) in [4.78, 5) is 14.9. The molecule has 6 heteroatoms. The molecule has 0 bridgehead atoms. The number of amides is 1. The lowest BCUT2D eigenvalue weighted by Crippen LogP contribution is -2.40. The minimum absolute atomic E-state index is 0.0212. The van der Waals surface area contributed by atoms with E-state index < -0.39 is 0 Å². The monoisotopic (exact) mass is 373 g/mol. The van der Waals surface area contributed by atoms with Crippen molar-refractivity contribution in [2.45, 2.75) is 45.6 Å². The van der Waals surface area contributed by atoms with Crippen LogP contribution in [-0.4, -0.2) is 35.6 Å². The van der Waals surface area contributed by atoms with E-state index in [1.165, 1.54) is 18.6 Å². The summed E-state index contributed by atoms with van der Waals surface area (Å²) in [7, 11) is 0. The summed E-state index contributed by atoms with van der Waals surface area (Å²) in [5, 5.41) is 6.94. The first-order chi connectivity index (χ1) is 13.0. The number of nitrogens with zero attached hydrogens (tertiary/aromatic N) is 2. The van der Waals surface area contributed by atoms with Crippen LogP contribution < -0.4 is 5.32 Å². The number of carbonyl (C=O) groups is 1. The molecule has 1 aliphatic rings. The lowest BCUT2D eigenvalue weighted by molar-refractivity contribution is 0.0888. The number of benzene rings is 1. The zero-order valence-corrected chi connectivity index (χ0v) is 16.1. The number of carbonyl (C=O) groups excluding carboxylic acids is 1. The molecule has 1 aliphatic heterocycles. The van der Waals surface area contributed by atoms with Crippen LogP contribution in [0.4, 0.5) is 4.39 Å².